The smallest absolute Gasteiger partial charge is 0.322 e. The number of likely N-dealkylation sites (tertiary alicyclic amines) is 2. The Morgan fingerprint density at radius 2 is 1.04 bits per heavy atom. The molecule has 292 valence electrons. The second kappa shape index (κ2) is 20.3. The summed E-state index contributed by atoms with van der Waals surface area (Å²) in [5.74, 6) is -6.85. The van der Waals surface area contributed by atoms with Crippen LogP contribution in [0, 0.1) is 17.8 Å². The van der Waals surface area contributed by atoms with Crippen molar-refractivity contribution in [1.82, 2.24) is 41.7 Å². The van der Waals surface area contributed by atoms with Crippen LogP contribution in [0.1, 0.15) is 67.2 Å². The minimum absolute atomic E-state index is 0.113. The molecule has 0 unspecified atom stereocenters. The van der Waals surface area contributed by atoms with Crippen molar-refractivity contribution in [1.29, 1.82) is 0 Å². The number of carbonyl (C=O) groups excluding carboxylic acids is 8. The van der Waals surface area contributed by atoms with Crippen molar-refractivity contribution in [3.63, 3.8) is 0 Å². The van der Waals surface area contributed by atoms with Gasteiger partial charge in [0.15, 0.2) is 0 Å². The van der Waals surface area contributed by atoms with Crippen LogP contribution in [-0.4, -0.2) is 138 Å². The van der Waals surface area contributed by atoms with E-state index in [4.69, 9.17) is 10.8 Å². The standard InChI is InChI=1S/C33H55N9O10/c1-17(2)26(34)32(51)41-11-7-9-20(41)29(48)37-14-23(44)39-27(18(3)4)31(50)38-15-24(45)40-28(19(5)6)33(52)42-12-8-10-21(42)30(49)36-13-22(43)35-16-25(46)47/h17-21,26-28H,7-16,34H2,1-6H3,(H,35,43)(H,36,49)(H,37,48)(H,38,50)(H,39,44)(H,40,45)(H,46,47)/t20-,21-,26-,27-,28-/m0/s1. The monoisotopic (exact) mass is 737 g/mol. The summed E-state index contributed by atoms with van der Waals surface area (Å²) in [6.07, 6.45) is 1.87. The molecule has 2 aliphatic rings. The van der Waals surface area contributed by atoms with Gasteiger partial charge in [-0.05, 0) is 43.4 Å². The molecule has 19 heteroatoms. The second-order valence-corrected chi connectivity index (χ2v) is 14.1. The summed E-state index contributed by atoms with van der Waals surface area (Å²) in [7, 11) is 0. The molecule has 0 radical (unpaired) electrons. The third-order valence-corrected chi connectivity index (χ3v) is 8.90. The highest BCUT2D eigenvalue weighted by Gasteiger charge is 2.39. The molecule has 8 amide bonds. The zero-order valence-electron chi connectivity index (χ0n) is 30.8. The molecule has 2 heterocycles. The lowest BCUT2D eigenvalue weighted by Crippen LogP contribution is -2.57. The molecule has 2 aliphatic heterocycles. The number of nitrogens with zero attached hydrogens (tertiary/aromatic N) is 2. The van der Waals surface area contributed by atoms with E-state index in [1.165, 1.54) is 9.80 Å². The zero-order chi connectivity index (χ0) is 39.3. The third-order valence-electron chi connectivity index (χ3n) is 8.90. The molecule has 0 bridgehead atoms. The number of rotatable bonds is 18. The van der Waals surface area contributed by atoms with Gasteiger partial charge in [0.05, 0.1) is 25.7 Å². The van der Waals surface area contributed by atoms with Crippen LogP contribution in [0.2, 0.25) is 0 Å². The summed E-state index contributed by atoms with van der Waals surface area (Å²) in [5, 5.41) is 23.4. The van der Waals surface area contributed by atoms with Crippen LogP contribution in [0.5, 0.6) is 0 Å². The number of hydrogen-bond donors (Lipinski definition) is 8. The number of hydrogen-bond acceptors (Lipinski definition) is 10. The molecule has 0 aromatic rings. The van der Waals surface area contributed by atoms with Gasteiger partial charge in [0.25, 0.3) is 0 Å². The Morgan fingerprint density at radius 1 is 0.596 bits per heavy atom. The minimum Gasteiger partial charge on any atom is -0.480 e. The second-order valence-electron chi connectivity index (χ2n) is 14.1. The lowest BCUT2D eigenvalue weighted by Gasteiger charge is -2.30. The Bertz CT molecular complexity index is 1350. The number of aliphatic carboxylic acids is 1. The van der Waals surface area contributed by atoms with Crippen molar-refractivity contribution in [3.8, 4) is 0 Å². The largest absolute Gasteiger partial charge is 0.480 e. The number of carboxylic acids is 1. The molecule has 9 N–H and O–H groups in total. The van der Waals surface area contributed by atoms with E-state index in [-0.39, 0.29) is 18.4 Å². The van der Waals surface area contributed by atoms with Gasteiger partial charge in [0, 0.05) is 13.1 Å². The Labute approximate surface area is 303 Å². The fourth-order valence-electron chi connectivity index (χ4n) is 5.84. The van der Waals surface area contributed by atoms with Gasteiger partial charge in [-0.3, -0.25) is 43.2 Å². The molecule has 0 aliphatic carbocycles. The van der Waals surface area contributed by atoms with Crippen LogP contribution in [0.4, 0.5) is 0 Å². The first-order chi connectivity index (χ1) is 24.3. The van der Waals surface area contributed by atoms with E-state index in [0.717, 1.165) is 0 Å². The quantitative estimate of drug-likeness (QED) is 0.0693. The number of carboxylic acid groups (broad SMARTS) is 1. The van der Waals surface area contributed by atoms with Crippen molar-refractivity contribution in [2.24, 2.45) is 23.5 Å². The number of nitrogens with two attached hydrogens (primary N) is 1. The van der Waals surface area contributed by atoms with Gasteiger partial charge in [-0.1, -0.05) is 41.5 Å². The van der Waals surface area contributed by atoms with Crippen LogP contribution in [0.15, 0.2) is 0 Å². The maximum absolute atomic E-state index is 13.5. The maximum atomic E-state index is 13.5. The summed E-state index contributed by atoms with van der Waals surface area (Å²) < 4.78 is 0. The van der Waals surface area contributed by atoms with E-state index in [0.29, 0.717) is 32.2 Å². The first kappa shape index (κ1) is 43.4. The molecule has 0 aromatic carbocycles. The van der Waals surface area contributed by atoms with Crippen molar-refractivity contribution in [2.45, 2.75) is 97.4 Å². The number of carbonyl (C=O) groups is 9. The van der Waals surface area contributed by atoms with E-state index in [1.54, 1.807) is 27.7 Å². The van der Waals surface area contributed by atoms with E-state index < -0.39 is 116 Å². The van der Waals surface area contributed by atoms with Crippen LogP contribution < -0.4 is 37.6 Å². The highest BCUT2D eigenvalue weighted by atomic mass is 16.4. The molecule has 2 saturated heterocycles. The molecule has 2 fully saturated rings. The van der Waals surface area contributed by atoms with Gasteiger partial charge in [-0.15, -0.1) is 0 Å². The Morgan fingerprint density at radius 3 is 1.50 bits per heavy atom. The van der Waals surface area contributed by atoms with Gasteiger partial charge in [-0.2, -0.15) is 0 Å². The van der Waals surface area contributed by atoms with Crippen LogP contribution in [0.25, 0.3) is 0 Å². The average Bonchev–Trinajstić information content (AvgIpc) is 3.78. The molecule has 2 rings (SSSR count). The van der Waals surface area contributed by atoms with E-state index >= 15 is 0 Å². The van der Waals surface area contributed by atoms with Gasteiger partial charge in [0.1, 0.15) is 30.7 Å². The van der Waals surface area contributed by atoms with Crippen LogP contribution in [0.3, 0.4) is 0 Å². The number of nitrogens with one attached hydrogen (secondary N) is 6. The predicted octanol–water partition coefficient (Wildman–Crippen LogP) is -3.22. The lowest BCUT2D eigenvalue weighted by molar-refractivity contribution is -0.142. The minimum atomic E-state index is -1.24. The molecule has 5 atom stereocenters. The molecule has 0 saturated carbocycles. The summed E-state index contributed by atoms with van der Waals surface area (Å²) in [6.45, 7) is 8.95. The number of amides is 8. The summed E-state index contributed by atoms with van der Waals surface area (Å²) in [6, 6.07) is -4.52. The van der Waals surface area contributed by atoms with Gasteiger partial charge in [0.2, 0.25) is 47.3 Å². The molecule has 0 aromatic heterocycles. The van der Waals surface area contributed by atoms with Crippen molar-refractivity contribution in [3.05, 3.63) is 0 Å². The predicted molar refractivity (Wildman–Crippen MR) is 185 cm³/mol. The zero-order valence-corrected chi connectivity index (χ0v) is 30.8. The molecular formula is C33H55N9O10. The Kier molecular flexibility index (Phi) is 16.9. The molecule has 19 nitrogen and oxygen atoms in total. The Balaban J connectivity index is 1.91. The maximum Gasteiger partial charge on any atom is 0.322 e. The van der Waals surface area contributed by atoms with Gasteiger partial charge in [-0.25, -0.2) is 0 Å². The van der Waals surface area contributed by atoms with Crippen LogP contribution >= 0.6 is 0 Å². The van der Waals surface area contributed by atoms with Gasteiger partial charge >= 0.3 is 5.97 Å². The van der Waals surface area contributed by atoms with Crippen molar-refractivity contribution >= 4 is 53.2 Å². The Hall–Kier alpha value is -4.81. The molecule has 52 heavy (non-hydrogen) atoms. The first-order valence-corrected chi connectivity index (χ1v) is 17.6. The van der Waals surface area contributed by atoms with Crippen LogP contribution in [-0.2, 0) is 43.2 Å². The lowest BCUT2D eigenvalue weighted by atomic mass is 10.0. The van der Waals surface area contributed by atoms with E-state index in [2.05, 4.69) is 31.9 Å². The SMILES string of the molecule is CC(C)[C@H](N)C(=O)N1CCC[C@H]1C(=O)NCC(=O)N[C@H](C(=O)NCC(=O)N[C@H](C(=O)N1CCC[C@H]1C(=O)NCC(=O)NCC(=O)O)C(C)C)C(C)C. The summed E-state index contributed by atoms with van der Waals surface area (Å²) in [4.78, 5) is 116. The molecular weight excluding hydrogens is 682 g/mol. The van der Waals surface area contributed by atoms with Crippen molar-refractivity contribution < 1.29 is 48.3 Å². The van der Waals surface area contributed by atoms with E-state index in [1.807, 2.05) is 13.8 Å². The van der Waals surface area contributed by atoms with E-state index in [9.17, 15) is 43.2 Å². The molecule has 0 spiro atoms. The summed E-state index contributed by atoms with van der Waals surface area (Å²) >= 11 is 0. The fourth-order valence-corrected chi connectivity index (χ4v) is 5.84. The van der Waals surface area contributed by atoms with Crippen molar-refractivity contribution in [2.75, 3.05) is 39.3 Å². The average molecular weight is 738 g/mol. The third kappa shape index (κ3) is 12.8. The summed E-state index contributed by atoms with van der Waals surface area (Å²) in [5.41, 5.74) is 6.00. The highest BCUT2D eigenvalue weighted by Crippen LogP contribution is 2.21. The highest BCUT2D eigenvalue weighted by molar-refractivity contribution is 5.96. The van der Waals surface area contributed by atoms with Gasteiger partial charge < -0.3 is 52.5 Å². The topological polar surface area (TPSA) is 279 Å². The fraction of sp³-hybridized carbons (Fsp3) is 0.727. The normalized spacial score (nSPS) is 18.7. The first-order valence-electron chi connectivity index (χ1n) is 17.6.